The van der Waals surface area contributed by atoms with Crippen molar-refractivity contribution >= 4 is 93.7 Å². The van der Waals surface area contributed by atoms with Gasteiger partial charge in [0.1, 0.15) is 18.8 Å². The minimum atomic E-state index is -1.66. The maximum atomic E-state index is 14.1. The number of anilines is 2. The number of carbonyl (C=O) groups is 5. The van der Waals surface area contributed by atoms with Crippen LogP contribution >= 0.6 is 46.9 Å². The van der Waals surface area contributed by atoms with Crippen molar-refractivity contribution in [3.8, 4) is 0 Å². The van der Waals surface area contributed by atoms with E-state index < -0.39 is 39.5 Å². The number of halogens is 1. The average Bonchev–Trinajstić information content (AvgIpc) is 3.43. The molecule has 0 fully saturated rings. The van der Waals surface area contributed by atoms with Gasteiger partial charge in [0.2, 0.25) is 0 Å². The first-order valence-electron chi connectivity index (χ1n) is 13.5. The highest BCUT2D eigenvalue weighted by Gasteiger charge is 2.61. The van der Waals surface area contributed by atoms with Crippen LogP contribution in [0.5, 0.6) is 0 Å². The van der Waals surface area contributed by atoms with Gasteiger partial charge in [-0.05, 0) is 38.1 Å². The molecule has 2 aromatic rings. The van der Waals surface area contributed by atoms with Crippen LogP contribution in [0.2, 0.25) is 5.02 Å². The Hall–Kier alpha value is -3.85. The van der Waals surface area contributed by atoms with Crippen LogP contribution in [0.25, 0.3) is 5.57 Å². The molecule has 1 spiro atoms. The van der Waals surface area contributed by atoms with E-state index in [2.05, 4.69) is 5.32 Å². The molecule has 0 atom stereocenters. The number of methoxy groups -OCH3 is 4. The van der Waals surface area contributed by atoms with Gasteiger partial charge >= 0.3 is 29.9 Å². The van der Waals surface area contributed by atoms with Crippen LogP contribution in [0.15, 0.2) is 73.7 Å². The number of urea groups is 1. The highest BCUT2D eigenvalue weighted by molar-refractivity contribution is 8.26. The molecule has 0 radical (unpaired) electrons. The Morgan fingerprint density at radius 1 is 0.761 bits per heavy atom. The molecule has 2 aromatic carbocycles. The van der Waals surface area contributed by atoms with Gasteiger partial charge in [0, 0.05) is 26.8 Å². The minimum absolute atomic E-state index is 0.125. The lowest BCUT2D eigenvalue weighted by Gasteiger charge is -2.50. The van der Waals surface area contributed by atoms with Crippen LogP contribution in [0, 0.1) is 0 Å². The van der Waals surface area contributed by atoms with Crippen LogP contribution in [0.3, 0.4) is 0 Å². The zero-order chi connectivity index (χ0) is 33.6. The predicted octanol–water partition coefficient (Wildman–Crippen LogP) is 5.96. The van der Waals surface area contributed by atoms with Gasteiger partial charge in [0.25, 0.3) is 0 Å². The number of nitrogens with one attached hydrogen (secondary N) is 1. The number of fused-ring (bicyclic) bond motifs is 3. The van der Waals surface area contributed by atoms with Crippen molar-refractivity contribution in [1.29, 1.82) is 0 Å². The molecule has 0 aromatic heterocycles. The Morgan fingerprint density at radius 3 is 1.89 bits per heavy atom. The third-order valence-corrected chi connectivity index (χ3v) is 12.2. The van der Waals surface area contributed by atoms with Crippen molar-refractivity contribution in [3.05, 3.63) is 84.3 Å². The number of ether oxygens (including phenoxy) is 4. The molecule has 0 saturated heterocycles. The number of hydrogen-bond donors (Lipinski definition) is 1. The summed E-state index contributed by atoms with van der Waals surface area (Å²) in [6, 6.07) is 13.2. The van der Waals surface area contributed by atoms with E-state index in [4.69, 9.17) is 30.5 Å². The summed E-state index contributed by atoms with van der Waals surface area (Å²) in [6.07, 6.45) is 0. The number of carbonyl (C=O) groups excluding carboxylic acids is 5. The largest absolute Gasteiger partial charge is 0.466 e. The molecule has 11 nitrogen and oxygen atoms in total. The van der Waals surface area contributed by atoms with Crippen molar-refractivity contribution in [3.63, 3.8) is 0 Å². The van der Waals surface area contributed by atoms with Gasteiger partial charge in [-0.2, -0.15) is 0 Å². The standard InChI is InChI=1S/C31H27ClN2O9S3/c1-30(2)24-19(17-12-7-8-13-18(17)34(30)29(39)33-16-11-9-10-15(32)14-16)31(20(25(35)40-3)21(44-24)26(36)41-4)45-22(27(37)42-5)23(46-31)28(38)43-6/h7-14H,1-6H3,(H,33,39). The third kappa shape index (κ3) is 5.36. The second-order valence-corrected chi connectivity index (χ2v) is 14.5. The molecular formula is C31H27ClN2O9S3. The summed E-state index contributed by atoms with van der Waals surface area (Å²) in [4.78, 5) is 69.2. The number of thioether (sulfide) groups is 3. The van der Waals surface area contributed by atoms with E-state index in [1.165, 1.54) is 7.11 Å². The highest BCUT2D eigenvalue weighted by Crippen LogP contribution is 2.71. The Labute approximate surface area is 282 Å². The van der Waals surface area contributed by atoms with Crippen molar-refractivity contribution in [2.75, 3.05) is 38.7 Å². The van der Waals surface area contributed by atoms with Crippen molar-refractivity contribution in [2.45, 2.75) is 23.5 Å². The molecule has 3 heterocycles. The number of benzene rings is 2. The normalized spacial score (nSPS) is 17.7. The number of esters is 4. The molecular weight excluding hydrogens is 676 g/mol. The SMILES string of the molecule is COC(=O)C1=C(C(=O)OC)SC2(S1)C(C(=O)OC)=C(C(=O)OC)SC1=C2c2ccccc2N(C(=O)Nc2cccc(Cl)c2)C1(C)C. The smallest absolute Gasteiger partial charge is 0.345 e. The summed E-state index contributed by atoms with van der Waals surface area (Å²) in [7, 11) is 4.65. The first kappa shape index (κ1) is 33.5. The van der Waals surface area contributed by atoms with E-state index in [9.17, 15) is 24.0 Å². The van der Waals surface area contributed by atoms with Crippen LogP contribution < -0.4 is 10.2 Å². The fraction of sp³-hybridized carbons (Fsp3) is 0.258. The average molecular weight is 703 g/mol. The predicted molar refractivity (Wildman–Crippen MR) is 178 cm³/mol. The van der Waals surface area contributed by atoms with Gasteiger partial charge < -0.3 is 24.3 Å². The lowest BCUT2D eigenvalue weighted by molar-refractivity contribution is -0.138. The summed E-state index contributed by atoms with van der Waals surface area (Å²) in [5.41, 5.74) is 0.565. The Bertz CT molecular complexity index is 1770. The topological polar surface area (TPSA) is 138 Å². The quantitative estimate of drug-likeness (QED) is 0.291. The van der Waals surface area contributed by atoms with Crippen LogP contribution in [0.1, 0.15) is 19.4 Å². The molecule has 0 unspecified atom stereocenters. The maximum Gasteiger partial charge on any atom is 0.345 e. The summed E-state index contributed by atoms with van der Waals surface area (Å²) in [5, 5.41) is 3.33. The highest BCUT2D eigenvalue weighted by atomic mass is 35.5. The van der Waals surface area contributed by atoms with Gasteiger partial charge in [-0.1, -0.05) is 71.2 Å². The van der Waals surface area contributed by atoms with Crippen LogP contribution in [-0.2, 0) is 38.1 Å². The van der Waals surface area contributed by atoms with E-state index >= 15 is 0 Å². The van der Waals surface area contributed by atoms with E-state index in [0.29, 0.717) is 32.4 Å². The zero-order valence-electron chi connectivity index (χ0n) is 25.3. The molecule has 3 aliphatic heterocycles. The number of para-hydroxylation sites is 1. The van der Waals surface area contributed by atoms with Gasteiger partial charge in [0.15, 0.2) is 0 Å². The Morgan fingerprint density at radius 2 is 1.33 bits per heavy atom. The summed E-state index contributed by atoms with van der Waals surface area (Å²) in [6.45, 7) is 3.57. The lowest BCUT2D eigenvalue weighted by atomic mass is 9.83. The van der Waals surface area contributed by atoms with E-state index in [0.717, 1.165) is 56.6 Å². The van der Waals surface area contributed by atoms with E-state index in [1.54, 1.807) is 67.3 Å². The Kier molecular flexibility index (Phi) is 9.28. The third-order valence-electron chi connectivity index (χ3n) is 7.32. The summed E-state index contributed by atoms with van der Waals surface area (Å²) >= 11 is 8.85. The second-order valence-electron chi connectivity index (χ2n) is 10.3. The van der Waals surface area contributed by atoms with Gasteiger partial charge in [-0.3, -0.25) is 4.90 Å². The molecule has 0 saturated carbocycles. The monoisotopic (exact) mass is 702 g/mol. The first-order valence-corrected chi connectivity index (χ1v) is 16.3. The van der Waals surface area contributed by atoms with Crippen molar-refractivity contribution in [1.82, 2.24) is 0 Å². The number of nitrogens with zero attached hydrogens (tertiary/aromatic N) is 1. The lowest BCUT2D eigenvalue weighted by Crippen LogP contribution is -2.55. The van der Waals surface area contributed by atoms with Crippen molar-refractivity contribution in [2.24, 2.45) is 0 Å². The summed E-state index contributed by atoms with van der Waals surface area (Å²) in [5.74, 6) is -3.42. The fourth-order valence-electron chi connectivity index (χ4n) is 5.37. The van der Waals surface area contributed by atoms with Crippen molar-refractivity contribution < 1.29 is 42.9 Å². The molecule has 15 heteroatoms. The molecule has 2 amide bonds. The number of rotatable bonds is 5. The molecule has 0 bridgehead atoms. The molecule has 46 heavy (non-hydrogen) atoms. The number of hydrogen-bond acceptors (Lipinski definition) is 12. The maximum absolute atomic E-state index is 14.1. The van der Waals surface area contributed by atoms with Crippen LogP contribution in [0.4, 0.5) is 16.2 Å². The van der Waals surface area contributed by atoms with Gasteiger partial charge in [-0.25, -0.2) is 24.0 Å². The molecule has 3 aliphatic rings. The fourth-order valence-corrected chi connectivity index (χ4v) is 10.6. The molecule has 240 valence electrons. The number of amides is 2. The van der Waals surface area contributed by atoms with E-state index in [-0.39, 0.29) is 20.3 Å². The van der Waals surface area contributed by atoms with Gasteiger partial charge in [0.05, 0.1) is 45.2 Å². The van der Waals surface area contributed by atoms with Gasteiger partial charge in [-0.15, -0.1) is 0 Å². The van der Waals surface area contributed by atoms with E-state index in [1.807, 2.05) is 0 Å². The molecule has 5 rings (SSSR count). The van der Waals surface area contributed by atoms with Crippen LogP contribution in [-0.4, -0.2) is 68.0 Å². The minimum Gasteiger partial charge on any atom is -0.466 e. The Balaban J connectivity index is 1.81. The second kappa shape index (κ2) is 12.7. The zero-order valence-corrected chi connectivity index (χ0v) is 28.5. The molecule has 1 N–H and O–H groups in total. The summed E-state index contributed by atoms with van der Waals surface area (Å²) < 4.78 is 18.7. The first-order chi connectivity index (χ1) is 21.9. The molecule has 0 aliphatic carbocycles.